The van der Waals surface area contributed by atoms with Gasteiger partial charge in [-0.25, -0.2) is 0 Å². The molecule has 5 nitrogen and oxygen atoms in total. The fourth-order valence-corrected chi connectivity index (χ4v) is 2.08. The van der Waals surface area contributed by atoms with Gasteiger partial charge in [0.1, 0.15) is 0 Å². The summed E-state index contributed by atoms with van der Waals surface area (Å²) in [5.74, 6) is -1.77. The van der Waals surface area contributed by atoms with Crippen LogP contribution >= 0.6 is 34.8 Å². The van der Waals surface area contributed by atoms with Crippen LogP contribution in [0.25, 0.3) is 0 Å². The molecule has 0 aliphatic carbocycles. The number of hydrogen-bond donors (Lipinski definition) is 3. The average Bonchev–Trinajstić information content (AvgIpc) is 2.46. The SMILES string of the molecule is Nc1ccc(NC(=O)C(=O)Nc2cc(Cl)ccc2Cl)cc1Cl. The summed E-state index contributed by atoms with van der Waals surface area (Å²) >= 11 is 17.5. The molecule has 0 aliphatic heterocycles. The van der Waals surface area contributed by atoms with Crippen LogP contribution in [0.15, 0.2) is 36.4 Å². The smallest absolute Gasteiger partial charge is 0.314 e. The second kappa shape index (κ2) is 6.87. The molecule has 2 amide bonds. The van der Waals surface area contributed by atoms with Gasteiger partial charge in [0, 0.05) is 10.7 Å². The zero-order chi connectivity index (χ0) is 16.3. The van der Waals surface area contributed by atoms with Crippen molar-refractivity contribution in [3.63, 3.8) is 0 Å². The van der Waals surface area contributed by atoms with Crippen LogP contribution in [-0.2, 0) is 9.59 Å². The Kier molecular flexibility index (Phi) is 5.13. The summed E-state index contributed by atoms with van der Waals surface area (Å²) in [6.45, 7) is 0. The van der Waals surface area contributed by atoms with Gasteiger partial charge < -0.3 is 16.4 Å². The number of carbonyl (C=O) groups excluding carboxylic acids is 2. The van der Waals surface area contributed by atoms with Gasteiger partial charge in [-0.1, -0.05) is 34.8 Å². The molecule has 0 unspecified atom stereocenters. The van der Waals surface area contributed by atoms with Gasteiger partial charge in [0.05, 0.1) is 21.4 Å². The summed E-state index contributed by atoms with van der Waals surface area (Å²) in [7, 11) is 0. The number of rotatable bonds is 2. The molecule has 2 rings (SSSR count). The third kappa shape index (κ3) is 4.04. The number of hydrogen-bond acceptors (Lipinski definition) is 3. The fraction of sp³-hybridized carbons (Fsp3) is 0. The first-order chi connectivity index (χ1) is 10.4. The third-order valence-electron chi connectivity index (χ3n) is 2.64. The lowest BCUT2D eigenvalue weighted by atomic mass is 10.2. The minimum absolute atomic E-state index is 0.240. The van der Waals surface area contributed by atoms with Crippen LogP contribution in [0, 0.1) is 0 Å². The Labute approximate surface area is 141 Å². The molecule has 0 saturated carbocycles. The van der Waals surface area contributed by atoms with E-state index in [1.807, 2.05) is 0 Å². The van der Waals surface area contributed by atoms with Crippen molar-refractivity contribution < 1.29 is 9.59 Å². The summed E-state index contributed by atoms with van der Waals surface area (Å²) in [4.78, 5) is 23.7. The van der Waals surface area contributed by atoms with Crippen LogP contribution in [0.2, 0.25) is 15.1 Å². The van der Waals surface area contributed by atoms with E-state index < -0.39 is 11.8 Å². The molecule has 0 aliphatic rings. The molecule has 2 aromatic carbocycles. The highest BCUT2D eigenvalue weighted by atomic mass is 35.5. The van der Waals surface area contributed by atoms with E-state index in [1.54, 1.807) is 6.07 Å². The largest absolute Gasteiger partial charge is 0.398 e. The summed E-state index contributed by atoms with van der Waals surface area (Å²) in [6.07, 6.45) is 0. The highest BCUT2D eigenvalue weighted by Gasteiger charge is 2.16. The number of benzene rings is 2. The zero-order valence-corrected chi connectivity index (χ0v) is 13.3. The van der Waals surface area contributed by atoms with Crippen LogP contribution in [0.4, 0.5) is 17.1 Å². The molecule has 0 fully saturated rings. The summed E-state index contributed by atoms with van der Waals surface area (Å²) in [5.41, 5.74) is 6.52. The number of carbonyl (C=O) groups is 2. The monoisotopic (exact) mass is 357 g/mol. The van der Waals surface area contributed by atoms with E-state index >= 15 is 0 Å². The fourth-order valence-electron chi connectivity index (χ4n) is 1.57. The topological polar surface area (TPSA) is 84.2 Å². The molecular weight excluding hydrogens is 349 g/mol. The van der Waals surface area contributed by atoms with Gasteiger partial charge in [-0.15, -0.1) is 0 Å². The van der Waals surface area contributed by atoms with E-state index in [4.69, 9.17) is 40.5 Å². The molecule has 4 N–H and O–H groups in total. The summed E-state index contributed by atoms with van der Waals surface area (Å²) < 4.78 is 0. The van der Waals surface area contributed by atoms with Crippen molar-refractivity contribution in [2.75, 3.05) is 16.4 Å². The number of nitrogens with two attached hydrogens (primary N) is 1. The molecule has 0 atom stereocenters. The van der Waals surface area contributed by atoms with Crippen LogP contribution < -0.4 is 16.4 Å². The first-order valence-electron chi connectivity index (χ1n) is 5.99. The van der Waals surface area contributed by atoms with Gasteiger partial charge in [-0.05, 0) is 36.4 Å². The second-order valence-corrected chi connectivity index (χ2v) is 5.52. The van der Waals surface area contributed by atoms with E-state index in [2.05, 4.69) is 10.6 Å². The third-order valence-corrected chi connectivity index (χ3v) is 3.53. The Morgan fingerprint density at radius 3 is 2.23 bits per heavy atom. The van der Waals surface area contributed by atoms with E-state index in [-0.39, 0.29) is 15.7 Å². The van der Waals surface area contributed by atoms with Crippen LogP contribution in [0.3, 0.4) is 0 Å². The Bertz CT molecular complexity index is 750. The van der Waals surface area contributed by atoms with E-state index in [1.165, 1.54) is 30.3 Å². The van der Waals surface area contributed by atoms with Crippen LogP contribution in [0.1, 0.15) is 0 Å². The Morgan fingerprint density at radius 1 is 0.864 bits per heavy atom. The number of amides is 2. The molecule has 0 radical (unpaired) electrons. The lowest BCUT2D eigenvalue weighted by Crippen LogP contribution is -2.29. The predicted octanol–water partition coefficient (Wildman–Crippen LogP) is 3.81. The van der Waals surface area contributed by atoms with Gasteiger partial charge in [0.25, 0.3) is 0 Å². The van der Waals surface area contributed by atoms with Crippen molar-refractivity contribution in [3.05, 3.63) is 51.5 Å². The quantitative estimate of drug-likeness (QED) is 0.564. The highest BCUT2D eigenvalue weighted by molar-refractivity contribution is 6.45. The first-order valence-corrected chi connectivity index (χ1v) is 7.12. The Hall–Kier alpha value is -1.95. The standard InChI is InChI=1S/C14H10Cl3N3O2/c15-7-1-3-9(16)12(5-7)20-14(22)13(21)19-8-2-4-11(18)10(17)6-8/h1-6H,18H2,(H,19,21)(H,20,22). The molecule has 0 saturated heterocycles. The lowest BCUT2D eigenvalue weighted by molar-refractivity contribution is -0.132. The van der Waals surface area contributed by atoms with Gasteiger partial charge in [0.15, 0.2) is 0 Å². The van der Waals surface area contributed by atoms with E-state index in [0.29, 0.717) is 16.4 Å². The number of halogens is 3. The molecule has 8 heteroatoms. The maximum atomic E-state index is 11.8. The van der Waals surface area contributed by atoms with Crippen molar-refractivity contribution in [1.82, 2.24) is 0 Å². The summed E-state index contributed by atoms with van der Waals surface area (Å²) in [6, 6.07) is 9.00. The Balaban J connectivity index is 2.07. The molecule has 0 spiro atoms. The highest BCUT2D eigenvalue weighted by Crippen LogP contribution is 2.25. The van der Waals surface area contributed by atoms with Gasteiger partial charge in [-0.3, -0.25) is 9.59 Å². The summed E-state index contributed by atoms with van der Waals surface area (Å²) in [5, 5.41) is 5.69. The maximum Gasteiger partial charge on any atom is 0.314 e. The van der Waals surface area contributed by atoms with Crippen LogP contribution in [-0.4, -0.2) is 11.8 Å². The van der Waals surface area contributed by atoms with Crippen molar-refractivity contribution in [3.8, 4) is 0 Å². The minimum atomic E-state index is -0.892. The van der Waals surface area contributed by atoms with Gasteiger partial charge >= 0.3 is 11.8 Å². The van der Waals surface area contributed by atoms with E-state index in [0.717, 1.165) is 0 Å². The van der Waals surface area contributed by atoms with Crippen molar-refractivity contribution >= 4 is 63.7 Å². The molecule has 22 heavy (non-hydrogen) atoms. The zero-order valence-electron chi connectivity index (χ0n) is 11.0. The van der Waals surface area contributed by atoms with Crippen LogP contribution in [0.5, 0.6) is 0 Å². The van der Waals surface area contributed by atoms with Gasteiger partial charge in [-0.2, -0.15) is 0 Å². The molecule has 0 bridgehead atoms. The predicted molar refractivity (Wildman–Crippen MR) is 89.6 cm³/mol. The average molecular weight is 359 g/mol. The number of nitrogen functional groups attached to an aromatic ring is 1. The van der Waals surface area contributed by atoms with Crippen molar-refractivity contribution in [2.24, 2.45) is 0 Å². The number of nitrogens with one attached hydrogen (secondary N) is 2. The lowest BCUT2D eigenvalue weighted by Gasteiger charge is -2.09. The van der Waals surface area contributed by atoms with Crippen molar-refractivity contribution in [2.45, 2.75) is 0 Å². The van der Waals surface area contributed by atoms with Crippen molar-refractivity contribution in [1.29, 1.82) is 0 Å². The number of anilines is 3. The Morgan fingerprint density at radius 2 is 1.55 bits per heavy atom. The van der Waals surface area contributed by atoms with E-state index in [9.17, 15) is 9.59 Å². The molecule has 114 valence electrons. The normalized spacial score (nSPS) is 10.1. The maximum absolute atomic E-state index is 11.8. The van der Waals surface area contributed by atoms with Gasteiger partial charge in [0.2, 0.25) is 0 Å². The minimum Gasteiger partial charge on any atom is -0.398 e. The first kappa shape index (κ1) is 16.4. The molecule has 0 heterocycles. The molecule has 2 aromatic rings. The molecular formula is C14H10Cl3N3O2. The second-order valence-electron chi connectivity index (χ2n) is 4.27. The molecule has 0 aromatic heterocycles.